The number of ether oxygens (including phenoxy) is 1. The van der Waals surface area contributed by atoms with E-state index in [-0.39, 0.29) is 6.61 Å². The van der Waals surface area contributed by atoms with E-state index >= 15 is 0 Å². The van der Waals surface area contributed by atoms with Crippen LogP contribution in [0.1, 0.15) is 10.4 Å². The minimum Gasteiger partial charge on any atom is -0.497 e. The fraction of sp³-hybridized carbons (Fsp3) is 0.211. The molecule has 4 nitrogen and oxygen atoms in total. The van der Waals surface area contributed by atoms with Crippen molar-refractivity contribution in [1.82, 2.24) is 5.32 Å². The van der Waals surface area contributed by atoms with E-state index in [1.165, 1.54) is 10.1 Å². The van der Waals surface area contributed by atoms with Gasteiger partial charge in [0, 0.05) is 22.2 Å². The first kappa shape index (κ1) is 15.2. The number of methoxy groups -OCH3 is 1. The van der Waals surface area contributed by atoms with E-state index in [9.17, 15) is 5.11 Å². The lowest BCUT2D eigenvalue weighted by molar-refractivity contribution is 0.282. The number of hydrogen-bond donors (Lipinski definition) is 2. The van der Waals surface area contributed by atoms with Crippen molar-refractivity contribution in [1.29, 1.82) is 0 Å². The summed E-state index contributed by atoms with van der Waals surface area (Å²) in [6.07, 6.45) is 0. The van der Waals surface area contributed by atoms with Crippen LogP contribution in [0, 0.1) is 0 Å². The third-order valence-corrected chi connectivity index (χ3v) is 5.42. The molecule has 0 saturated carbocycles. The highest BCUT2D eigenvalue weighted by molar-refractivity contribution is 7.21. The number of fused-ring (bicyclic) bond motifs is 1. The molecule has 4 rings (SSSR count). The van der Waals surface area contributed by atoms with Crippen LogP contribution in [0.3, 0.4) is 0 Å². The van der Waals surface area contributed by atoms with Gasteiger partial charge in [-0.05, 0) is 29.3 Å². The normalized spacial score (nSPS) is 13.8. The van der Waals surface area contributed by atoms with Crippen molar-refractivity contribution >= 4 is 27.3 Å². The number of aliphatic hydroxyl groups is 1. The number of nitrogens with one attached hydrogen (secondary N) is 1. The Balaban J connectivity index is 2.03. The number of hydrogen-bond acceptors (Lipinski definition) is 5. The van der Waals surface area contributed by atoms with Crippen LogP contribution in [0.4, 0.5) is 0 Å². The lowest BCUT2D eigenvalue weighted by atomic mass is 9.96. The van der Waals surface area contributed by atoms with E-state index in [2.05, 4.69) is 28.5 Å². The van der Waals surface area contributed by atoms with Crippen LogP contribution in [0.5, 0.6) is 5.75 Å². The van der Waals surface area contributed by atoms with Crippen LogP contribution < -0.4 is 10.1 Å². The molecule has 1 aliphatic heterocycles. The number of benzene rings is 2. The van der Waals surface area contributed by atoms with Crippen molar-refractivity contribution in [2.24, 2.45) is 4.99 Å². The monoisotopic (exact) mass is 338 g/mol. The number of amidine groups is 1. The van der Waals surface area contributed by atoms with Gasteiger partial charge in [-0.2, -0.15) is 0 Å². The molecule has 0 radical (unpaired) electrons. The molecule has 0 aliphatic carbocycles. The van der Waals surface area contributed by atoms with E-state index in [4.69, 9.17) is 4.74 Å². The first-order chi connectivity index (χ1) is 11.8. The summed E-state index contributed by atoms with van der Waals surface area (Å²) in [6.45, 7) is 1.66. The summed E-state index contributed by atoms with van der Waals surface area (Å²) in [5.41, 5.74) is 3.01. The average Bonchev–Trinajstić information content (AvgIpc) is 3.28. The average molecular weight is 338 g/mol. The third-order valence-electron chi connectivity index (χ3n) is 4.24. The van der Waals surface area contributed by atoms with Gasteiger partial charge in [-0.1, -0.05) is 24.3 Å². The van der Waals surface area contributed by atoms with Gasteiger partial charge in [-0.15, -0.1) is 11.3 Å². The van der Waals surface area contributed by atoms with Gasteiger partial charge in [0.15, 0.2) is 0 Å². The third kappa shape index (κ3) is 2.46. The highest BCUT2D eigenvalue weighted by Crippen LogP contribution is 2.41. The standard InChI is InChI=1S/C19H18N2O2S/c1-23-13-7-6-12(11-22)15(10-13)17-14-4-2-3-5-16(14)24-18(17)19-20-8-9-21-19/h2-7,10,22H,8-9,11H2,1H3,(H,20,21). The Morgan fingerprint density at radius 2 is 2.12 bits per heavy atom. The molecule has 5 heteroatoms. The topological polar surface area (TPSA) is 53.9 Å². The van der Waals surface area contributed by atoms with Gasteiger partial charge in [0.1, 0.15) is 11.6 Å². The Morgan fingerprint density at radius 1 is 1.25 bits per heavy atom. The minimum atomic E-state index is -0.0111. The SMILES string of the molecule is COc1ccc(CO)c(-c2c(C3=NCCN3)sc3ccccc23)c1. The van der Waals surface area contributed by atoms with Crippen LogP contribution >= 0.6 is 11.3 Å². The van der Waals surface area contributed by atoms with Crippen molar-refractivity contribution in [3.63, 3.8) is 0 Å². The summed E-state index contributed by atoms with van der Waals surface area (Å²) in [5, 5.41) is 14.4. The molecule has 1 aliphatic rings. The predicted molar refractivity (Wildman–Crippen MR) is 99.1 cm³/mol. The zero-order valence-corrected chi connectivity index (χ0v) is 14.2. The molecular formula is C19H18N2O2S. The van der Waals surface area contributed by atoms with Gasteiger partial charge >= 0.3 is 0 Å². The van der Waals surface area contributed by atoms with Crippen molar-refractivity contribution in [2.75, 3.05) is 20.2 Å². The number of aliphatic imine (C=N–C) groups is 1. The maximum Gasteiger partial charge on any atom is 0.139 e. The van der Waals surface area contributed by atoms with Crippen molar-refractivity contribution < 1.29 is 9.84 Å². The molecule has 3 aromatic rings. The number of nitrogens with zero attached hydrogens (tertiary/aromatic N) is 1. The van der Waals surface area contributed by atoms with E-state index in [1.54, 1.807) is 18.4 Å². The number of thiophene rings is 1. The molecule has 1 aromatic heterocycles. The summed E-state index contributed by atoms with van der Waals surface area (Å²) in [4.78, 5) is 5.73. The smallest absolute Gasteiger partial charge is 0.139 e. The fourth-order valence-electron chi connectivity index (χ4n) is 3.08. The van der Waals surface area contributed by atoms with Crippen LogP contribution in [0.25, 0.3) is 21.2 Å². The number of aliphatic hydroxyl groups excluding tert-OH is 1. The highest BCUT2D eigenvalue weighted by Gasteiger charge is 2.22. The van der Waals surface area contributed by atoms with E-state index in [1.807, 2.05) is 24.3 Å². The molecule has 0 fully saturated rings. The molecule has 2 heterocycles. The van der Waals surface area contributed by atoms with Gasteiger partial charge in [0.25, 0.3) is 0 Å². The lowest BCUT2D eigenvalue weighted by Gasteiger charge is -2.12. The van der Waals surface area contributed by atoms with Crippen molar-refractivity contribution in [3.05, 3.63) is 52.9 Å². The van der Waals surface area contributed by atoms with Crippen LogP contribution in [-0.2, 0) is 6.61 Å². The molecular weight excluding hydrogens is 320 g/mol. The Labute approximate surface area is 144 Å². The quantitative estimate of drug-likeness (QED) is 0.766. The molecule has 0 atom stereocenters. The molecule has 2 N–H and O–H groups in total. The zero-order valence-electron chi connectivity index (χ0n) is 13.4. The van der Waals surface area contributed by atoms with Crippen LogP contribution in [0.2, 0.25) is 0 Å². The maximum atomic E-state index is 9.83. The van der Waals surface area contributed by atoms with Gasteiger partial charge < -0.3 is 15.2 Å². The van der Waals surface area contributed by atoms with Gasteiger partial charge in [0.2, 0.25) is 0 Å². The second-order valence-electron chi connectivity index (χ2n) is 5.64. The first-order valence-corrected chi connectivity index (χ1v) is 8.72. The Kier molecular flexibility index (Phi) is 3.96. The zero-order chi connectivity index (χ0) is 16.5. The molecule has 122 valence electrons. The second-order valence-corrected chi connectivity index (χ2v) is 6.69. The molecule has 2 aromatic carbocycles. The predicted octanol–water partition coefficient (Wildman–Crippen LogP) is 3.42. The van der Waals surface area contributed by atoms with Gasteiger partial charge in [-0.25, -0.2) is 0 Å². The van der Waals surface area contributed by atoms with E-state index in [0.717, 1.165) is 46.2 Å². The van der Waals surface area contributed by atoms with Gasteiger partial charge in [0.05, 0.1) is 25.1 Å². The molecule has 0 saturated heterocycles. The van der Waals surface area contributed by atoms with E-state index in [0.29, 0.717) is 0 Å². The van der Waals surface area contributed by atoms with Gasteiger partial charge in [-0.3, -0.25) is 4.99 Å². The largest absolute Gasteiger partial charge is 0.497 e. The molecule has 0 bridgehead atoms. The summed E-state index contributed by atoms with van der Waals surface area (Å²) < 4.78 is 6.62. The van der Waals surface area contributed by atoms with Crippen LogP contribution in [0.15, 0.2) is 47.5 Å². The van der Waals surface area contributed by atoms with Crippen molar-refractivity contribution in [3.8, 4) is 16.9 Å². The summed E-state index contributed by atoms with van der Waals surface area (Å²) in [5.74, 6) is 1.72. The highest BCUT2D eigenvalue weighted by atomic mass is 32.1. The Hall–Kier alpha value is -2.37. The maximum absolute atomic E-state index is 9.83. The molecule has 0 unspecified atom stereocenters. The molecule has 0 amide bonds. The van der Waals surface area contributed by atoms with Crippen LogP contribution in [-0.4, -0.2) is 31.1 Å². The number of rotatable bonds is 4. The summed E-state index contributed by atoms with van der Waals surface area (Å²) >= 11 is 1.73. The first-order valence-electron chi connectivity index (χ1n) is 7.90. The Morgan fingerprint density at radius 3 is 2.88 bits per heavy atom. The second kappa shape index (κ2) is 6.26. The summed E-state index contributed by atoms with van der Waals surface area (Å²) in [7, 11) is 1.66. The molecule has 0 spiro atoms. The van der Waals surface area contributed by atoms with E-state index < -0.39 is 0 Å². The Bertz CT molecular complexity index is 930. The van der Waals surface area contributed by atoms with Crippen molar-refractivity contribution in [2.45, 2.75) is 6.61 Å². The molecule has 24 heavy (non-hydrogen) atoms. The summed E-state index contributed by atoms with van der Waals surface area (Å²) in [6, 6.07) is 14.2. The fourth-order valence-corrected chi connectivity index (χ4v) is 4.28. The lowest BCUT2D eigenvalue weighted by Crippen LogP contribution is -2.19. The minimum absolute atomic E-state index is 0.0111.